The van der Waals surface area contributed by atoms with E-state index in [-0.39, 0.29) is 6.23 Å². The number of carbonyl (C=O) groups excluding carboxylic acids is 1. The summed E-state index contributed by atoms with van der Waals surface area (Å²) in [6, 6.07) is 6.33. The lowest BCUT2D eigenvalue weighted by atomic mass is 10.1. The Morgan fingerprint density at radius 2 is 2.06 bits per heavy atom. The van der Waals surface area contributed by atoms with Crippen molar-refractivity contribution in [2.24, 2.45) is 4.99 Å². The second-order valence-electron chi connectivity index (χ2n) is 6.63. The van der Waals surface area contributed by atoms with Crippen molar-refractivity contribution >= 4 is 29.6 Å². The van der Waals surface area contributed by atoms with E-state index in [1.807, 2.05) is 33.8 Å². The van der Waals surface area contributed by atoms with Crippen LogP contribution in [0.2, 0.25) is 0 Å². The fourth-order valence-electron chi connectivity index (χ4n) is 2.71. The molecule has 0 saturated carbocycles. The summed E-state index contributed by atoms with van der Waals surface area (Å²) >= 11 is 0. The highest BCUT2D eigenvalue weighted by Crippen LogP contribution is 2.25. The van der Waals surface area contributed by atoms with Crippen LogP contribution in [0.25, 0.3) is 11.8 Å². The number of allylic oxidation sites excluding steroid dienone is 3. The molecule has 0 bridgehead atoms. The Bertz CT molecular complexity index is 838. The van der Waals surface area contributed by atoms with Gasteiger partial charge in [0.1, 0.15) is 12.0 Å². The number of nitrogens with zero attached hydrogens (tertiary/aromatic N) is 2. The van der Waals surface area contributed by atoms with E-state index in [1.54, 1.807) is 7.05 Å². The van der Waals surface area contributed by atoms with Gasteiger partial charge in [-0.2, -0.15) is 0 Å². The van der Waals surface area contributed by atoms with Gasteiger partial charge in [0.05, 0.1) is 5.84 Å². The SMILES string of the molecule is C=Cc1ccc(/C(=C/C)N(C)/C=C/CC)cc1NC(C)=NC.CC.CC1NC(C=O)=CO1. The quantitative estimate of drug-likeness (QED) is 0.308. The molecule has 1 aliphatic heterocycles. The van der Waals surface area contributed by atoms with Crippen LogP contribution < -0.4 is 10.6 Å². The van der Waals surface area contributed by atoms with Gasteiger partial charge in [-0.3, -0.25) is 9.79 Å². The molecule has 6 nitrogen and oxygen atoms in total. The number of hydrogen-bond acceptors (Lipinski definition) is 5. The van der Waals surface area contributed by atoms with Crippen LogP contribution in [0.5, 0.6) is 0 Å². The summed E-state index contributed by atoms with van der Waals surface area (Å²) in [7, 11) is 3.84. The number of ether oxygens (including phenoxy) is 1. The maximum Gasteiger partial charge on any atom is 0.169 e. The largest absolute Gasteiger partial charge is 0.476 e. The summed E-state index contributed by atoms with van der Waals surface area (Å²) in [4.78, 5) is 16.2. The van der Waals surface area contributed by atoms with Crippen molar-refractivity contribution in [1.82, 2.24) is 10.2 Å². The monoisotopic (exact) mass is 440 g/mol. The average molecular weight is 441 g/mol. The lowest BCUT2D eigenvalue weighted by Crippen LogP contribution is -2.19. The van der Waals surface area contributed by atoms with Crippen molar-refractivity contribution in [3.05, 3.63) is 66.2 Å². The van der Waals surface area contributed by atoms with Crippen LogP contribution in [-0.4, -0.2) is 37.3 Å². The van der Waals surface area contributed by atoms with Gasteiger partial charge < -0.3 is 20.3 Å². The van der Waals surface area contributed by atoms with Crippen LogP contribution in [0, 0.1) is 0 Å². The summed E-state index contributed by atoms with van der Waals surface area (Å²) in [6.07, 6.45) is 11.3. The number of rotatable bonds is 7. The summed E-state index contributed by atoms with van der Waals surface area (Å²) in [6.45, 7) is 15.8. The van der Waals surface area contributed by atoms with Gasteiger partial charge in [-0.25, -0.2) is 0 Å². The second kappa shape index (κ2) is 16.4. The molecule has 1 atom stereocenters. The molecular weight excluding hydrogens is 400 g/mol. The van der Waals surface area contributed by atoms with E-state index >= 15 is 0 Å². The Morgan fingerprint density at radius 3 is 2.50 bits per heavy atom. The van der Waals surface area contributed by atoms with E-state index in [0.717, 1.165) is 41.1 Å². The third kappa shape index (κ3) is 9.69. The zero-order chi connectivity index (χ0) is 24.5. The molecule has 1 unspecified atom stereocenters. The maximum absolute atomic E-state index is 9.94. The van der Waals surface area contributed by atoms with Crippen molar-refractivity contribution < 1.29 is 9.53 Å². The molecule has 0 amide bonds. The molecule has 32 heavy (non-hydrogen) atoms. The van der Waals surface area contributed by atoms with Gasteiger partial charge in [0.15, 0.2) is 12.5 Å². The van der Waals surface area contributed by atoms with Gasteiger partial charge in [-0.05, 0) is 50.6 Å². The Morgan fingerprint density at radius 1 is 1.38 bits per heavy atom. The first kappa shape index (κ1) is 28.7. The third-order valence-electron chi connectivity index (χ3n) is 4.33. The van der Waals surface area contributed by atoms with E-state index < -0.39 is 0 Å². The van der Waals surface area contributed by atoms with Gasteiger partial charge in [-0.1, -0.05) is 57.7 Å². The van der Waals surface area contributed by atoms with Crippen LogP contribution in [0.15, 0.2) is 60.1 Å². The molecule has 0 aromatic heterocycles. The van der Waals surface area contributed by atoms with Crippen molar-refractivity contribution in [2.45, 2.75) is 54.2 Å². The smallest absolute Gasteiger partial charge is 0.169 e. The number of aliphatic imine (C=N–C) groups is 1. The topological polar surface area (TPSA) is 66.0 Å². The fraction of sp³-hybridized carbons (Fsp3) is 0.385. The fourth-order valence-corrected chi connectivity index (χ4v) is 2.71. The molecule has 6 heteroatoms. The maximum atomic E-state index is 9.94. The Balaban J connectivity index is 0.000000796. The highest BCUT2D eigenvalue weighted by molar-refractivity contribution is 5.95. The molecule has 1 aromatic rings. The molecule has 1 heterocycles. The van der Waals surface area contributed by atoms with E-state index in [4.69, 9.17) is 4.74 Å². The summed E-state index contributed by atoms with van der Waals surface area (Å²) in [5.41, 5.74) is 4.91. The Labute approximate surface area is 194 Å². The van der Waals surface area contributed by atoms with Crippen LogP contribution in [-0.2, 0) is 9.53 Å². The van der Waals surface area contributed by atoms with E-state index in [0.29, 0.717) is 5.70 Å². The number of nitrogens with one attached hydrogen (secondary N) is 2. The minimum atomic E-state index is -0.0461. The first-order valence-electron chi connectivity index (χ1n) is 11.0. The number of hydrogen-bond donors (Lipinski definition) is 2. The predicted octanol–water partition coefficient (Wildman–Crippen LogP) is 6.02. The molecule has 0 fully saturated rings. The molecule has 0 aliphatic carbocycles. The average Bonchev–Trinajstić information content (AvgIpc) is 3.25. The number of benzene rings is 1. The van der Waals surface area contributed by atoms with Crippen LogP contribution in [0.3, 0.4) is 0 Å². The lowest BCUT2D eigenvalue weighted by molar-refractivity contribution is -0.105. The minimum Gasteiger partial charge on any atom is -0.476 e. The highest BCUT2D eigenvalue weighted by atomic mass is 16.5. The molecule has 1 aromatic carbocycles. The first-order valence-corrected chi connectivity index (χ1v) is 11.0. The van der Waals surface area contributed by atoms with Crippen molar-refractivity contribution in [2.75, 3.05) is 19.4 Å². The van der Waals surface area contributed by atoms with Gasteiger partial charge in [0, 0.05) is 25.5 Å². The van der Waals surface area contributed by atoms with Gasteiger partial charge >= 0.3 is 0 Å². The van der Waals surface area contributed by atoms with Crippen molar-refractivity contribution in [1.29, 1.82) is 0 Å². The Kier molecular flexibility index (Phi) is 14.7. The normalized spacial score (nSPS) is 15.2. The van der Waals surface area contributed by atoms with E-state index in [2.05, 4.69) is 84.6 Å². The lowest BCUT2D eigenvalue weighted by Gasteiger charge is -2.20. The summed E-state index contributed by atoms with van der Waals surface area (Å²) in [5, 5.41) is 6.10. The molecule has 2 rings (SSSR count). The van der Waals surface area contributed by atoms with Gasteiger partial charge in [0.2, 0.25) is 0 Å². The molecule has 1 aliphatic rings. The zero-order valence-electron chi connectivity index (χ0n) is 20.9. The number of anilines is 1. The summed E-state index contributed by atoms with van der Waals surface area (Å²) in [5.74, 6) is 0.876. The zero-order valence-corrected chi connectivity index (χ0v) is 20.9. The number of amidine groups is 1. The highest BCUT2D eigenvalue weighted by Gasteiger charge is 2.09. The van der Waals surface area contributed by atoms with Crippen LogP contribution >= 0.6 is 0 Å². The van der Waals surface area contributed by atoms with Gasteiger partial charge in [0.25, 0.3) is 0 Å². The van der Waals surface area contributed by atoms with Crippen LogP contribution in [0.1, 0.15) is 59.1 Å². The molecule has 0 radical (unpaired) electrons. The first-order chi connectivity index (χ1) is 15.4. The number of aldehydes is 1. The molecule has 176 valence electrons. The molecule has 0 spiro atoms. The molecular formula is C26H40N4O2. The predicted molar refractivity (Wildman–Crippen MR) is 139 cm³/mol. The summed E-state index contributed by atoms with van der Waals surface area (Å²) < 4.78 is 4.85. The van der Waals surface area contributed by atoms with Crippen molar-refractivity contribution in [3.8, 4) is 0 Å². The van der Waals surface area contributed by atoms with E-state index in [1.165, 1.54) is 6.26 Å². The third-order valence-corrected chi connectivity index (χ3v) is 4.33. The standard InChI is InChI=1S/C19H27N3.C5H7NO2.C2H6/c1-7-10-13-22(6)19(9-3)17-12-11-16(8-2)18(14-17)21-15(4)20-5;1-4-6-5(2-7)3-8-4;1-2/h8-14H,2,7H2,1,3-6H3,(H,20,21);2-4,6H,1H3;1-2H3/b13-10+,19-9-;;. The molecule has 2 N–H and O–H groups in total. The van der Waals surface area contributed by atoms with E-state index in [9.17, 15) is 4.79 Å². The Hall–Kier alpha value is -3.28. The van der Waals surface area contributed by atoms with Gasteiger partial charge in [-0.15, -0.1) is 0 Å². The minimum absolute atomic E-state index is 0.0461. The molecule has 0 saturated heterocycles. The number of carbonyl (C=O) groups is 1. The van der Waals surface area contributed by atoms with Crippen LogP contribution in [0.4, 0.5) is 5.69 Å². The van der Waals surface area contributed by atoms with Crippen molar-refractivity contribution in [3.63, 3.8) is 0 Å². The second-order valence-corrected chi connectivity index (χ2v) is 6.63.